The lowest BCUT2D eigenvalue weighted by atomic mass is 10.1. The van der Waals surface area contributed by atoms with Crippen molar-refractivity contribution in [3.8, 4) is 0 Å². The Balaban J connectivity index is 2.37. The number of nitrogens with zero attached hydrogens (tertiary/aromatic N) is 1. The number of nitrogen functional groups attached to an aromatic ring is 1. The number of carbonyl (C=O) groups is 1. The van der Waals surface area contributed by atoms with Gasteiger partial charge in [0.05, 0.1) is 24.4 Å². The highest BCUT2D eigenvalue weighted by molar-refractivity contribution is 5.78. The van der Waals surface area contributed by atoms with E-state index in [0.717, 1.165) is 0 Å². The third kappa shape index (κ3) is 4.82. The highest BCUT2D eigenvalue weighted by Crippen LogP contribution is 2.02. The first-order valence-corrected chi connectivity index (χ1v) is 5.64. The number of aliphatic hydroxyl groups excluding tert-OH is 1. The number of nitrogens with two attached hydrogens (primary N) is 1. The average molecular weight is 237 g/mol. The van der Waals surface area contributed by atoms with Gasteiger partial charge >= 0.3 is 0 Å². The van der Waals surface area contributed by atoms with E-state index in [-0.39, 0.29) is 24.8 Å². The Morgan fingerprint density at radius 3 is 2.76 bits per heavy atom. The number of rotatable bonds is 5. The quantitative estimate of drug-likeness (QED) is 0.689. The molecule has 4 N–H and O–H groups in total. The Hall–Kier alpha value is -1.62. The smallest absolute Gasteiger partial charge is 0.226 e. The van der Waals surface area contributed by atoms with E-state index in [4.69, 9.17) is 5.73 Å². The average Bonchev–Trinajstić information content (AvgIpc) is 2.29. The van der Waals surface area contributed by atoms with E-state index in [1.807, 2.05) is 13.8 Å². The standard InChI is InChI=1S/C12H19N3O2/c1-8(2)11(16)7-15-12(17)5-10-4-3-9(13)6-14-10/h3-4,6,8,11,16H,5,7,13H2,1-2H3,(H,15,17). The topological polar surface area (TPSA) is 88.2 Å². The largest absolute Gasteiger partial charge is 0.397 e. The molecular formula is C12H19N3O2. The predicted molar refractivity (Wildman–Crippen MR) is 66.2 cm³/mol. The molecule has 0 aliphatic rings. The van der Waals surface area contributed by atoms with Crippen LogP contribution in [-0.2, 0) is 11.2 Å². The van der Waals surface area contributed by atoms with Crippen molar-refractivity contribution < 1.29 is 9.90 Å². The van der Waals surface area contributed by atoms with Crippen LogP contribution in [0.15, 0.2) is 18.3 Å². The third-order valence-electron chi connectivity index (χ3n) is 2.47. The molecule has 0 radical (unpaired) electrons. The molecule has 94 valence electrons. The molecule has 1 heterocycles. The fourth-order valence-electron chi connectivity index (χ4n) is 1.22. The molecule has 0 aliphatic heterocycles. The number of pyridine rings is 1. The normalized spacial score (nSPS) is 12.5. The Labute approximate surface area is 101 Å². The first-order valence-electron chi connectivity index (χ1n) is 5.64. The number of hydrogen-bond acceptors (Lipinski definition) is 4. The van der Waals surface area contributed by atoms with Gasteiger partial charge in [0, 0.05) is 12.2 Å². The fraction of sp³-hybridized carbons (Fsp3) is 0.500. The molecule has 17 heavy (non-hydrogen) atoms. The van der Waals surface area contributed by atoms with E-state index in [0.29, 0.717) is 11.4 Å². The molecule has 0 aromatic carbocycles. The first kappa shape index (κ1) is 13.4. The molecule has 5 nitrogen and oxygen atoms in total. The zero-order valence-electron chi connectivity index (χ0n) is 10.2. The number of amides is 1. The molecule has 1 amide bonds. The molecule has 1 atom stereocenters. The molecule has 1 aromatic rings. The van der Waals surface area contributed by atoms with E-state index < -0.39 is 6.10 Å². The molecule has 1 unspecified atom stereocenters. The van der Waals surface area contributed by atoms with Gasteiger partial charge < -0.3 is 16.2 Å². The number of nitrogens with one attached hydrogen (secondary N) is 1. The van der Waals surface area contributed by atoms with Crippen molar-refractivity contribution in [1.29, 1.82) is 0 Å². The van der Waals surface area contributed by atoms with Crippen molar-refractivity contribution in [2.45, 2.75) is 26.4 Å². The van der Waals surface area contributed by atoms with Gasteiger partial charge in [-0.1, -0.05) is 13.8 Å². The Morgan fingerprint density at radius 1 is 1.53 bits per heavy atom. The van der Waals surface area contributed by atoms with E-state index in [1.165, 1.54) is 6.20 Å². The number of aromatic nitrogens is 1. The summed E-state index contributed by atoms with van der Waals surface area (Å²) in [4.78, 5) is 15.6. The van der Waals surface area contributed by atoms with E-state index in [2.05, 4.69) is 10.3 Å². The second-order valence-electron chi connectivity index (χ2n) is 4.38. The molecule has 0 bridgehead atoms. The molecule has 0 saturated heterocycles. The van der Waals surface area contributed by atoms with Crippen molar-refractivity contribution in [3.05, 3.63) is 24.0 Å². The summed E-state index contributed by atoms with van der Waals surface area (Å²) in [6.45, 7) is 4.07. The van der Waals surface area contributed by atoms with Crippen molar-refractivity contribution in [1.82, 2.24) is 10.3 Å². The summed E-state index contributed by atoms with van der Waals surface area (Å²) in [5.74, 6) is -0.0214. The maximum Gasteiger partial charge on any atom is 0.226 e. The van der Waals surface area contributed by atoms with Crippen LogP contribution in [0.4, 0.5) is 5.69 Å². The minimum Gasteiger partial charge on any atom is -0.397 e. The van der Waals surface area contributed by atoms with Crippen molar-refractivity contribution in [2.24, 2.45) is 5.92 Å². The summed E-state index contributed by atoms with van der Waals surface area (Å²) in [6, 6.07) is 3.42. The van der Waals surface area contributed by atoms with Crippen molar-refractivity contribution in [2.75, 3.05) is 12.3 Å². The van der Waals surface area contributed by atoms with Crippen LogP contribution in [0.2, 0.25) is 0 Å². The highest BCUT2D eigenvalue weighted by atomic mass is 16.3. The minimum absolute atomic E-state index is 0.130. The van der Waals surface area contributed by atoms with E-state index in [1.54, 1.807) is 12.1 Å². The van der Waals surface area contributed by atoms with Crippen LogP contribution in [0, 0.1) is 5.92 Å². The van der Waals surface area contributed by atoms with Gasteiger partial charge in [0.1, 0.15) is 0 Å². The monoisotopic (exact) mass is 237 g/mol. The lowest BCUT2D eigenvalue weighted by molar-refractivity contribution is -0.121. The van der Waals surface area contributed by atoms with Gasteiger partial charge in [-0.05, 0) is 18.1 Å². The molecular weight excluding hydrogens is 218 g/mol. The first-order chi connectivity index (χ1) is 7.99. The molecule has 0 aliphatic carbocycles. The number of aliphatic hydroxyl groups is 1. The maximum atomic E-state index is 11.5. The second kappa shape index (κ2) is 6.20. The van der Waals surface area contributed by atoms with Crippen molar-refractivity contribution in [3.63, 3.8) is 0 Å². The number of anilines is 1. The van der Waals surface area contributed by atoms with Gasteiger partial charge in [-0.15, -0.1) is 0 Å². The third-order valence-corrected chi connectivity index (χ3v) is 2.47. The molecule has 1 aromatic heterocycles. The molecule has 0 saturated carbocycles. The van der Waals surface area contributed by atoms with Crippen LogP contribution in [0.25, 0.3) is 0 Å². The van der Waals surface area contributed by atoms with Gasteiger partial charge in [-0.3, -0.25) is 9.78 Å². The van der Waals surface area contributed by atoms with Crippen LogP contribution in [0.1, 0.15) is 19.5 Å². The minimum atomic E-state index is -0.515. The van der Waals surface area contributed by atoms with Gasteiger partial charge in [0.25, 0.3) is 0 Å². The number of carbonyl (C=O) groups excluding carboxylic acids is 1. The van der Waals surface area contributed by atoms with E-state index in [9.17, 15) is 9.90 Å². The molecule has 5 heteroatoms. The van der Waals surface area contributed by atoms with Gasteiger partial charge in [-0.25, -0.2) is 0 Å². The Morgan fingerprint density at radius 2 is 2.24 bits per heavy atom. The summed E-state index contributed by atoms with van der Waals surface area (Å²) in [5, 5.41) is 12.2. The fourth-order valence-corrected chi connectivity index (χ4v) is 1.22. The van der Waals surface area contributed by atoms with Gasteiger partial charge in [0.2, 0.25) is 5.91 Å². The van der Waals surface area contributed by atoms with Crippen LogP contribution >= 0.6 is 0 Å². The summed E-state index contributed by atoms with van der Waals surface area (Å²) < 4.78 is 0. The van der Waals surface area contributed by atoms with E-state index >= 15 is 0 Å². The Kier molecular flexibility index (Phi) is 4.90. The highest BCUT2D eigenvalue weighted by Gasteiger charge is 2.11. The van der Waals surface area contributed by atoms with Crippen molar-refractivity contribution >= 4 is 11.6 Å². The van der Waals surface area contributed by atoms with Crippen LogP contribution in [0.5, 0.6) is 0 Å². The summed E-state index contributed by atoms with van der Waals surface area (Å²) in [5.41, 5.74) is 6.73. The molecule has 1 rings (SSSR count). The van der Waals surface area contributed by atoms with Crippen LogP contribution < -0.4 is 11.1 Å². The zero-order valence-corrected chi connectivity index (χ0v) is 10.2. The summed E-state index contributed by atoms with van der Waals surface area (Å²) in [7, 11) is 0. The van der Waals surface area contributed by atoms with Gasteiger partial charge in [0.15, 0.2) is 0 Å². The number of hydrogen-bond donors (Lipinski definition) is 3. The lowest BCUT2D eigenvalue weighted by Gasteiger charge is -2.14. The van der Waals surface area contributed by atoms with Crippen LogP contribution in [-0.4, -0.2) is 28.6 Å². The summed E-state index contributed by atoms with van der Waals surface area (Å²) in [6.07, 6.45) is 1.20. The molecule has 0 spiro atoms. The Bertz CT molecular complexity index is 363. The summed E-state index contributed by atoms with van der Waals surface area (Å²) >= 11 is 0. The maximum absolute atomic E-state index is 11.5. The van der Waals surface area contributed by atoms with Crippen LogP contribution in [0.3, 0.4) is 0 Å². The second-order valence-corrected chi connectivity index (χ2v) is 4.38. The SMILES string of the molecule is CC(C)C(O)CNC(=O)Cc1ccc(N)cn1. The molecule has 0 fully saturated rings. The zero-order chi connectivity index (χ0) is 12.8. The van der Waals surface area contributed by atoms with Gasteiger partial charge in [-0.2, -0.15) is 0 Å². The lowest BCUT2D eigenvalue weighted by Crippen LogP contribution is -2.35. The predicted octanol–water partition coefficient (Wildman–Crippen LogP) is 0.339.